The van der Waals surface area contributed by atoms with Gasteiger partial charge >= 0.3 is 0 Å². The summed E-state index contributed by atoms with van der Waals surface area (Å²) in [6.45, 7) is 6.58. The summed E-state index contributed by atoms with van der Waals surface area (Å²) in [6, 6.07) is 0. The lowest BCUT2D eigenvalue weighted by molar-refractivity contribution is -0.138. The van der Waals surface area contributed by atoms with Crippen LogP contribution >= 0.6 is 0 Å². The Morgan fingerprint density at radius 3 is 2.07 bits per heavy atom. The van der Waals surface area contributed by atoms with Crippen LogP contribution in [0.25, 0.3) is 0 Å². The minimum absolute atomic E-state index is 0.0398. The van der Waals surface area contributed by atoms with Crippen molar-refractivity contribution in [2.75, 3.05) is 6.54 Å². The lowest BCUT2D eigenvalue weighted by atomic mass is 9.94. The monoisotopic (exact) mass is 211 g/mol. The van der Waals surface area contributed by atoms with Gasteiger partial charge in [-0.1, -0.05) is 0 Å². The molecule has 0 spiro atoms. The van der Waals surface area contributed by atoms with E-state index in [0.717, 1.165) is 6.42 Å². The van der Waals surface area contributed by atoms with Crippen LogP contribution in [0.4, 0.5) is 0 Å². The molecule has 2 aliphatic heterocycles. The zero-order valence-corrected chi connectivity index (χ0v) is 9.50. The van der Waals surface area contributed by atoms with Gasteiger partial charge in [0.1, 0.15) is 0 Å². The smallest absolute Gasteiger partial charge is 0.229 e. The number of epoxide rings is 1. The molecule has 0 aromatic carbocycles. The molecule has 1 unspecified atom stereocenters. The summed E-state index contributed by atoms with van der Waals surface area (Å²) in [7, 11) is 0. The van der Waals surface area contributed by atoms with E-state index in [1.54, 1.807) is 0 Å². The zero-order chi connectivity index (χ0) is 11.3. The second-order valence-electron chi connectivity index (χ2n) is 5.03. The van der Waals surface area contributed by atoms with E-state index >= 15 is 0 Å². The first-order valence-electron chi connectivity index (χ1n) is 5.39. The first-order chi connectivity index (χ1) is 6.86. The summed E-state index contributed by atoms with van der Waals surface area (Å²) in [5.41, 5.74) is -0.283. The highest BCUT2D eigenvalue weighted by atomic mass is 16.6. The van der Waals surface area contributed by atoms with Gasteiger partial charge < -0.3 is 4.74 Å². The van der Waals surface area contributed by atoms with Crippen LogP contribution in [0, 0.1) is 0 Å². The Balaban J connectivity index is 1.89. The predicted molar refractivity (Wildman–Crippen MR) is 54.1 cm³/mol. The van der Waals surface area contributed by atoms with Gasteiger partial charge in [-0.3, -0.25) is 14.5 Å². The predicted octanol–water partition coefficient (Wildman–Crippen LogP) is 1.09. The van der Waals surface area contributed by atoms with Gasteiger partial charge in [-0.25, -0.2) is 0 Å². The molecule has 1 atom stereocenters. The average Bonchev–Trinajstić information content (AvgIpc) is 2.46. The molecule has 4 heteroatoms. The molecule has 4 nitrogen and oxygen atoms in total. The van der Waals surface area contributed by atoms with E-state index in [4.69, 9.17) is 4.74 Å². The van der Waals surface area contributed by atoms with Crippen molar-refractivity contribution in [3.05, 3.63) is 0 Å². The summed E-state index contributed by atoms with van der Waals surface area (Å²) in [6.07, 6.45) is 1.48. The van der Waals surface area contributed by atoms with E-state index in [1.807, 2.05) is 20.8 Å². The van der Waals surface area contributed by atoms with Crippen molar-refractivity contribution in [3.8, 4) is 0 Å². The Kier molecular flexibility index (Phi) is 2.15. The number of ether oxygens (including phenoxy) is 1. The molecule has 15 heavy (non-hydrogen) atoms. The summed E-state index contributed by atoms with van der Waals surface area (Å²) in [4.78, 5) is 24.1. The van der Waals surface area contributed by atoms with Gasteiger partial charge in [0.05, 0.1) is 11.2 Å². The second kappa shape index (κ2) is 3.04. The van der Waals surface area contributed by atoms with Crippen LogP contribution in [0.2, 0.25) is 0 Å². The number of amides is 2. The first-order valence-corrected chi connectivity index (χ1v) is 5.39. The number of likely N-dealkylation sites (tertiary alicyclic amines) is 1. The SMILES string of the molecule is CC1(C)OC1(C)CCN1C(=O)CCC1=O. The molecule has 0 aromatic heterocycles. The maximum Gasteiger partial charge on any atom is 0.229 e. The van der Waals surface area contributed by atoms with E-state index in [2.05, 4.69) is 0 Å². The van der Waals surface area contributed by atoms with Crippen LogP contribution in [-0.4, -0.2) is 34.5 Å². The lowest BCUT2D eigenvalue weighted by Gasteiger charge is -2.16. The minimum Gasteiger partial charge on any atom is -0.363 e. The summed E-state index contributed by atoms with van der Waals surface area (Å²) < 4.78 is 5.57. The molecule has 0 N–H and O–H groups in total. The van der Waals surface area contributed by atoms with Gasteiger partial charge in [-0.2, -0.15) is 0 Å². The van der Waals surface area contributed by atoms with Crippen molar-refractivity contribution in [1.82, 2.24) is 4.90 Å². The van der Waals surface area contributed by atoms with Crippen LogP contribution in [0.3, 0.4) is 0 Å². The van der Waals surface area contributed by atoms with E-state index in [1.165, 1.54) is 4.90 Å². The van der Waals surface area contributed by atoms with Gasteiger partial charge in [-0.15, -0.1) is 0 Å². The average molecular weight is 211 g/mol. The van der Waals surface area contributed by atoms with Crippen LogP contribution in [0.15, 0.2) is 0 Å². The largest absolute Gasteiger partial charge is 0.363 e. The quantitative estimate of drug-likeness (QED) is 0.518. The van der Waals surface area contributed by atoms with Gasteiger partial charge in [-0.05, 0) is 27.2 Å². The Hall–Kier alpha value is -0.900. The topological polar surface area (TPSA) is 49.9 Å². The van der Waals surface area contributed by atoms with Crippen LogP contribution < -0.4 is 0 Å². The fourth-order valence-electron chi connectivity index (χ4n) is 2.09. The lowest BCUT2D eigenvalue weighted by Crippen LogP contribution is -2.33. The number of imide groups is 1. The molecule has 0 bridgehead atoms. The van der Waals surface area contributed by atoms with E-state index in [9.17, 15) is 9.59 Å². The third-order valence-corrected chi connectivity index (χ3v) is 3.68. The number of carbonyl (C=O) groups is 2. The maximum atomic E-state index is 11.3. The van der Waals surface area contributed by atoms with Gasteiger partial charge in [0, 0.05) is 19.4 Å². The second-order valence-corrected chi connectivity index (χ2v) is 5.03. The maximum absolute atomic E-state index is 11.3. The van der Waals surface area contributed by atoms with E-state index < -0.39 is 0 Å². The van der Waals surface area contributed by atoms with Crippen molar-refractivity contribution in [1.29, 1.82) is 0 Å². The molecular weight excluding hydrogens is 194 g/mol. The van der Waals surface area contributed by atoms with Crippen molar-refractivity contribution < 1.29 is 14.3 Å². The molecule has 0 saturated carbocycles. The van der Waals surface area contributed by atoms with E-state index in [0.29, 0.717) is 19.4 Å². The van der Waals surface area contributed by atoms with Gasteiger partial charge in [0.15, 0.2) is 0 Å². The fourth-order valence-corrected chi connectivity index (χ4v) is 2.09. The number of carbonyl (C=O) groups excluding carboxylic acids is 2. The molecule has 2 heterocycles. The Bertz CT molecular complexity index is 308. The Labute approximate surface area is 89.6 Å². The van der Waals surface area contributed by atoms with Crippen molar-refractivity contribution in [2.24, 2.45) is 0 Å². The number of hydrogen-bond donors (Lipinski definition) is 0. The van der Waals surface area contributed by atoms with Crippen LogP contribution in [-0.2, 0) is 14.3 Å². The summed E-state index contributed by atoms with van der Waals surface area (Å²) >= 11 is 0. The van der Waals surface area contributed by atoms with Crippen LogP contribution in [0.1, 0.15) is 40.0 Å². The number of hydrogen-bond acceptors (Lipinski definition) is 3. The molecule has 2 aliphatic rings. The minimum atomic E-state index is -0.170. The van der Waals surface area contributed by atoms with Crippen molar-refractivity contribution in [3.63, 3.8) is 0 Å². The summed E-state index contributed by atoms with van der Waals surface area (Å²) in [5, 5.41) is 0. The fraction of sp³-hybridized carbons (Fsp3) is 0.818. The molecule has 0 aromatic rings. The zero-order valence-electron chi connectivity index (χ0n) is 9.50. The Morgan fingerprint density at radius 1 is 1.20 bits per heavy atom. The van der Waals surface area contributed by atoms with Crippen molar-refractivity contribution in [2.45, 2.75) is 51.2 Å². The highest BCUT2D eigenvalue weighted by Crippen LogP contribution is 2.49. The Morgan fingerprint density at radius 2 is 1.67 bits per heavy atom. The molecule has 2 saturated heterocycles. The molecule has 2 rings (SSSR count). The standard InChI is InChI=1S/C11H17NO3/c1-10(2)11(3,15-10)6-7-12-8(13)4-5-9(12)14/h4-7H2,1-3H3. The molecular formula is C11H17NO3. The van der Waals surface area contributed by atoms with Crippen molar-refractivity contribution >= 4 is 11.8 Å². The van der Waals surface area contributed by atoms with Crippen LogP contribution in [0.5, 0.6) is 0 Å². The van der Waals surface area contributed by atoms with E-state index in [-0.39, 0.29) is 23.0 Å². The third kappa shape index (κ3) is 1.67. The van der Waals surface area contributed by atoms with Gasteiger partial charge in [0.2, 0.25) is 11.8 Å². The molecule has 0 aliphatic carbocycles. The van der Waals surface area contributed by atoms with Gasteiger partial charge in [0.25, 0.3) is 0 Å². The normalized spacial score (nSPS) is 33.7. The molecule has 2 amide bonds. The third-order valence-electron chi connectivity index (χ3n) is 3.68. The molecule has 84 valence electrons. The molecule has 2 fully saturated rings. The number of nitrogens with zero attached hydrogens (tertiary/aromatic N) is 1. The molecule has 0 radical (unpaired) electrons. The highest BCUT2D eigenvalue weighted by molar-refractivity contribution is 6.01. The summed E-state index contributed by atoms with van der Waals surface area (Å²) in [5.74, 6) is -0.0795. The highest BCUT2D eigenvalue weighted by Gasteiger charge is 2.59. The number of rotatable bonds is 3. The first kappa shape index (κ1) is 10.6.